The minimum atomic E-state index is -0.911. The first-order valence-corrected chi connectivity index (χ1v) is 6.98. The van der Waals surface area contributed by atoms with Crippen LogP contribution in [0.5, 0.6) is 11.5 Å². The molecule has 0 N–H and O–H groups in total. The van der Waals surface area contributed by atoms with E-state index in [0.29, 0.717) is 0 Å². The van der Waals surface area contributed by atoms with Crippen molar-refractivity contribution in [3.8, 4) is 11.5 Å². The van der Waals surface area contributed by atoms with Gasteiger partial charge >= 0.3 is 0 Å². The highest BCUT2D eigenvalue weighted by atomic mass is 31.2. The molecule has 17 heavy (non-hydrogen) atoms. The minimum absolute atomic E-state index is 0.858. The van der Waals surface area contributed by atoms with E-state index >= 15 is 0 Å². The molecule has 0 unspecified atom stereocenters. The summed E-state index contributed by atoms with van der Waals surface area (Å²) < 4.78 is 11.6. The lowest BCUT2D eigenvalue weighted by Gasteiger charge is -2.17. The van der Waals surface area contributed by atoms with E-state index in [4.69, 9.17) is 9.05 Å². The lowest BCUT2D eigenvalue weighted by Crippen LogP contribution is -1.97. The predicted molar refractivity (Wildman–Crippen MR) is 71.6 cm³/mol. The molecule has 0 saturated carbocycles. The van der Waals surface area contributed by atoms with Gasteiger partial charge in [-0.3, -0.25) is 0 Å². The normalized spacial score (nSPS) is 10.2. The Bertz CT molecular complexity index is 389. The number of rotatable bonds is 5. The highest BCUT2D eigenvalue weighted by Crippen LogP contribution is 2.39. The highest BCUT2D eigenvalue weighted by molar-refractivity contribution is 7.48. The second-order valence-corrected chi connectivity index (χ2v) is 5.12. The highest BCUT2D eigenvalue weighted by Gasteiger charge is 2.11. The Labute approximate surface area is 103 Å². The zero-order valence-corrected chi connectivity index (χ0v) is 10.6. The first-order chi connectivity index (χ1) is 8.38. The third-order valence-electron chi connectivity index (χ3n) is 2.16. The Kier molecular flexibility index (Phi) is 4.40. The molecule has 0 aliphatic heterocycles. The van der Waals surface area contributed by atoms with Gasteiger partial charge in [0.2, 0.25) is 0 Å². The molecule has 0 bridgehead atoms. The smallest absolute Gasteiger partial charge is 0.290 e. The van der Waals surface area contributed by atoms with E-state index < -0.39 is 8.38 Å². The lowest BCUT2D eigenvalue weighted by molar-refractivity contribution is 0.491. The summed E-state index contributed by atoms with van der Waals surface area (Å²) in [5.41, 5.74) is 0. The fraction of sp³-hybridized carbons (Fsp3) is 0.143. The summed E-state index contributed by atoms with van der Waals surface area (Å²) in [5.74, 6) is 1.72. The fourth-order valence-electron chi connectivity index (χ4n) is 1.35. The van der Waals surface area contributed by atoms with Crippen LogP contribution in [-0.4, -0.2) is 6.16 Å². The van der Waals surface area contributed by atoms with Crippen molar-refractivity contribution in [1.82, 2.24) is 0 Å². The third kappa shape index (κ3) is 3.76. The Hall–Kier alpha value is -1.53. The monoisotopic (exact) mass is 246 g/mol. The first kappa shape index (κ1) is 11.9. The maximum atomic E-state index is 5.81. The molecule has 2 nitrogen and oxygen atoms in total. The van der Waals surface area contributed by atoms with Crippen molar-refractivity contribution < 1.29 is 9.05 Å². The first-order valence-electron chi connectivity index (χ1n) is 5.62. The van der Waals surface area contributed by atoms with Crippen LogP contribution in [0.1, 0.15) is 6.92 Å². The van der Waals surface area contributed by atoms with Crippen LogP contribution in [0, 0.1) is 0 Å². The Morgan fingerprint density at radius 2 is 1.18 bits per heavy atom. The molecule has 2 aromatic rings. The van der Waals surface area contributed by atoms with Gasteiger partial charge < -0.3 is 9.05 Å². The van der Waals surface area contributed by atoms with Crippen molar-refractivity contribution >= 4 is 8.38 Å². The van der Waals surface area contributed by atoms with Crippen LogP contribution in [0.2, 0.25) is 0 Å². The molecule has 2 rings (SSSR count). The summed E-state index contributed by atoms with van der Waals surface area (Å²) in [6, 6.07) is 19.6. The average molecular weight is 246 g/mol. The number of para-hydroxylation sites is 2. The van der Waals surface area contributed by atoms with Crippen molar-refractivity contribution in [2.24, 2.45) is 0 Å². The lowest BCUT2D eigenvalue weighted by atomic mass is 10.3. The van der Waals surface area contributed by atoms with E-state index in [9.17, 15) is 0 Å². The Morgan fingerprint density at radius 1 is 0.765 bits per heavy atom. The van der Waals surface area contributed by atoms with Crippen molar-refractivity contribution in [1.29, 1.82) is 0 Å². The maximum absolute atomic E-state index is 5.81. The molecule has 0 spiro atoms. The van der Waals surface area contributed by atoms with Crippen molar-refractivity contribution in [2.75, 3.05) is 6.16 Å². The number of hydrogen-bond acceptors (Lipinski definition) is 2. The van der Waals surface area contributed by atoms with E-state index in [0.717, 1.165) is 17.7 Å². The minimum Gasteiger partial charge on any atom is -0.439 e. The van der Waals surface area contributed by atoms with E-state index in [-0.39, 0.29) is 0 Å². The second kappa shape index (κ2) is 6.27. The summed E-state index contributed by atoms with van der Waals surface area (Å²) >= 11 is 0. The molecule has 0 aliphatic rings. The van der Waals surface area contributed by atoms with Crippen LogP contribution in [0.25, 0.3) is 0 Å². The molecule has 0 aromatic heterocycles. The summed E-state index contributed by atoms with van der Waals surface area (Å²) in [5, 5.41) is 0. The van der Waals surface area contributed by atoms with Gasteiger partial charge in [-0.2, -0.15) is 0 Å². The summed E-state index contributed by atoms with van der Waals surface area (Å²) in [7, 11) is -0.911. The molecular formula is C14H15O2P. The standard InChI is InChI=1S/C14H15O2P/c1-2-17(15-13-9-5-3-6-10-13)16-14-11-7-4-8-12-14/h3-12H,2H2,1H3. The summed E-state index contributed by atoms with van der Waals surface area (Å²) in [6.07, 6.45) is 0.860. The van der Waals surface area contributed by atoms with E-state index in [1.807, 2.05) is 60.7 Å². The molecular weight excluding hydrogens is 231 g/mol. The molecule has 2 aromatic carbocycles. The van der Waals surface area contributed by atoms with Crippen LogP contribution in [0.3, 0.4) is 0 Å². The maximum Gasteiger partial charge on any atom is 0.290 e. The van der Waals surface area contributed by atoms with E-state index in [1.54, 1.807) is 0 Å². The van der Waals surface area contributed by atoms with Gasteiger partial charge in [0.1, 0.15) is 11.5 Å². The predicted octanol–water partition coefficient (Wildman–Crippen LogP) is 4.48. The molecule has 0 heterocycles. The zero-order valence-electron chi connectivity index (χ0n) is 9.74. The second-order valence-electron chi connectivity index (χ2n) is 3.46. The largest absolute Gasteiger partial charge is 0.439 e. The van der Waals surface area contributed by atoms with Crippen LogP contribution in [0.4, 0.5) is 0 Å². The van der Waals surface area contributed by atoms with Gasteiger partial charge in [-0.15, -0.1) is 0 Å². The van der Waals surface area contributed by atoms with Crippen LogP contribution < -0.4 is 9.05 Å². The van der Waals surface area contributed by atoms with E-state index in [2.05, 4.69) is 6.92 Å². The summed E-state index contributed by atoms with van der Waals surface area (Å²) in [6.45, 7) is 2.07. The van der Waals surface area contributed by atoms with Crippen LogP contribution >= 0.6 is 8.38 Å². The molecule has 0 fully saturated rings. The van der Waals surface area contributed by atoms with Gasteiger partial charge in [-0.05, 0) is 24.3 Å². The van der Waals surface area contributed by atoms with Crippen molar-refractivity contribution in [3.05, 3.63) is 60.7 Å². The Morgan fingerprint density at radius 3 is 1.53 bits per heavy atom. The third-order valence-corrected chi connectivity index (χ3v) is 3.50. The quantitative estimate of drug-likeness (QED) is 0.724. The van der Waals surface area contributed by atoms with Gasteiger partial charge in [-0.1, -0.05) is 43.3 Å². The molecule has 0 saturated heterocycles. The molecule has 3 heteroatoms. The molecule has 0 atom stereocenters. The SMILES string of the molecule is CCP(Oc1ccccc1)Oc1ccccc1. The van der Waals surface area contributed by atoms with Crippen LogP contribution in [0.15, 0.2) is 60.7 Å². The number of benzene rings is 2. The summed E-state index contributed by atoms with van der Waals surface area (Å²) in [4.78, 5) is 0. The topological polar surface area (TPSA) is 18.5 Å². The Balaban J connectivity index is 1.98. The zero-order chi connectivity index (χ0) is 11.9. The van der Waals surface area contributed by atoms with Gasteiger partial charge in [0, 0.05) is 6.16 Å². The van der Waals surface area contributed by atoms with Gasteiger partial charge in [0.05, 0.1) is 0 Å². The van der Waals surface area contributed by atoms with E-state index in [1.165, 1.54) is 0 Å². The average Bonchev–Trinajstić information content (AvgIpc) is 2.40. The molecule has 0 amide bonds. The van der Waals surface area contributed by atoms with Gasteiger partial charge in [0.25, 0.3) is 8.38 Å². The van der Waals surface area contributed by atoms with Crippen LogP contribution in [-0.2, 0) is 0 Å². The molecule has 0 radical (unpaired) electrons. The molecule has 0 aliphatic carbocycles. The van der Waals surface area contributed by atoms with Gasteiger partial charge in [-0.25, -0.2) is 0 Å². The van der Waals surface area contributed by atoms with Crippen molar-refractivity contribution in [3.63, 3.8) is 0 Å². The number of hydrogen-bond donors (Lipinski definition) is 0. The van der Waals surface area contributed by atoms with Gasteiger partial charge in [0.15, 0.2) is 0 Å². The molecule has 88 valence electrons. The van der Waals surface area contributed by atoms with Crippen molar-refractivity contribution in [2.45, 2.75) is 6.92 Å². The fourth-order valence-corrected chi connectivity index (χ4v) is 2.35.